The van der Waals surface area contributed by atoms with Crippen molar-refractivity contribution in [3.05, 3.63) is 11.6 Å². The Morgan fingerprint density at radius 2 is 2.31 bits per heavy atom. The zero-order valence-electron chi connectivity index (χ0n) is 8.30. The normalized spacial score (nSPS) is 10.7. The molecule has 13 heavy (non-hydrogen) atoms. The van der Waals surface area contributed by atoms with Crippen LogP contribution in [0, 0.1) is 12.3 Å². The molecule has 0 heterocycles. The quantitative estimate of drug-likeness (QED) is 0.281. The molecule has 0 fully saturated rings. The topological polar surface area (TPSA) is 26.3 Å². The Kier molecular flexibility index (Phi) is 6.72. The van der Waals surface area contributed by atoms with Crippen LogP contribution in [0.4, 0.5) is 0 Å². The maximum absolute atomic E-state index is 10.9. The second-order valence-electron chi connectivity index (χ2n) is 2.80. The first-order chi connectivity index (χ1) is 6.20. The third kappa shape index (κ3) is 7.14. The number of terminal acetylenes is 1. The third-order valence-corrected chi connectivity index (χ3v) is 1.54. The summed E-state index contributed by atoms with van der Waals surface area (Å²) in [6.45, 7) is 4.12. The fourth-order valence-electron chi connectivity index (χ4n) is 0.927. The summed E-state index contributed by atoms with van der Waals surface area (Å²) in [4.78, 5) is 10.9. The van der Waals surface area contributed by atoms with Crippen molar-refractivity contribution in [2.24, 2.45) is 0 Å². The van der Waals surface area contributed by atoms with Gasteiger partial charge in [-0.1, -0.05) is 5.57 Å². The Labute approximate surface area is 80.0 Å². The number of hydrogen-bond acceptors (Lipinski definition) is 2. The Hall–Kier alpha value is -1.23. The lowest BCUT2D eigenvalue weighted by molar-refractivity contribution is -0.137. The van der Waals surface area contributed by atoms with E-state index < -0.39 is 0 Å². The number of hydrogen-bond donors (Lipinski definition) is 0. The largest absolute Gasteiger partial charge is 0.463 e. The summed E-state index contributed by atoms with van der Waals surface area (Å²) in [6, 6.07) is 0. The Bertz CT molecular complexity index is 221. The predicted octanol–water partition coefficient (Wildman–Crippen LogP) is 2.30. The highest BCUT2D eigenvalue weighted by molar-refractivity contribution is 5.82. The fourth-order valence-corrected chi connectivity index (χ4v) is 0.927. The summed E-state index contributed by atoms with van der Waals surface area (Å²) in [5.41, 5.74) is 1.02. The minimum Gasteiger partial charge on any atom is -0.463 e. The van der Waals surface area contributed by atoms with Crippen molar-refractivity contribution in [3.63, 3.8) is 0 Å². The lowest BCUT2D eigenvalue weighted by Crippen LogP contribution is -2.00. The van der Waals surface area contributed by atoms with Crippen molar-refractivity contribution in [3.8, 4) is 12.3 Å². The van der Waals surface area contributed by atoms with Gasteiger partial charge in [-0.2, -0.15) is 0 Å². The summed E-state index contributed by atoms with van der Waals surface area (Å²) in [5.74, 6) is 2.29. The van der Waals surface area contributed by atoms with Crippen LogP contribution >= 0.6 is 0 Å². The van der Waals surface area contributed by atoms with E-state index in [1.54, 1.807) is 6.92 Å². The van der Waals surface area contributed by atoms with E-state index in [9.17, 15) is 4.79 Å². The van der Waals surface area contributed by atoms with Crippen molar-refractivity contribution >= 4 is 5.97 Å². The molecule has 2 heteroatoms. The van der Waals surface area contributed by atoms with Crippen LogP contribution in [0.3, 0.4) is 0 Å². The molecule has 0 aliphatic heterocycles. The Morgan fingerprint density at radius 1 is 1.62 bits per heavy atom. The van der Waals surface area contributed by atoms with Crippen LogP contribution in [0.2, 0.25) is 0 Å². The van der Waals surface area contributed by atoms with Gasteiger partial charge in [-0.05, 0) is 26.7 Å². The second-order valence-corrected chi connectivity index (χ2v) is 2.80. The summed E-state index contributed by atoms with van der Waals surface area (Å²) in [6.07, 6.45) is 9.18. The maximum atomic E-state index is 10.9. The minimum absolute atomic E-state index is 0.263. The van der Waals surface area contributed by atoms with Gasteiger partial charge >= 0.3 is 5.97 Å². The third-order valence-electron chi connectivity index (χ3n) is 1.54. The summed E-state index contributed by atoms with van der Waals surface area (Å²) in [7, 11) is 0. The average Bonchev–Trinajstić information content (AvgIpc) is 2.05. The number of unbranched alkanes of at least 4 members (excludes halogenated alkanes) is 1. The molecular weight excluding hydrogens is 164 g/mol. The van der Waals surface area contributed by atoms with Crippen LogP contribution in [-0.4, -0.2) is 12.6 Å². The van der Waals surface area contributed by atoms with Gasteiger partial charge in [0.25, 0.3) is 0 Å². The molecule has 0 aromatic rings. The van der Waals surface area contributed by atoms with E-state index in [1.165, 1.54) is 6.08 Å². The first-order valence-electron chi connectivity index (χ1n) is 4.48. The number of carbonyl (C=O) groups is 1. The number of rotatable bonds is 5. The number of ether oxygens (including phenoxy) is 1. The van der Waals surface area contributed by atoms with E-state index in [0.717, 1.165) is 24.8 Å². The van der Waals surface area contributed by atoms with E-state index in [-0.39, 0.29) is 5.97 Å². The van der Waals surface area contributed by atoms with Crippen LogP contribution in [0.15, 0.2) is 11.6 Å². The Balaban J connectivity index is 3.75. The molecule has 0 aliphatic carbocycles. The van der Waals surface area contributed by atoms with Crippen molar-refractivity contribution in [1.82, 2.24) is 0 Å². The zero-order valence-corrected chi connectivity index (χ0v) is 8.30. The van der Waals surface area contributed by atoms with Crippen molar-refractivity contribution < 1.29 is 9.53 Å². The van der Waals surface area contributed by atoms with Crippen molar-refractivity contribution in [1.29, 1.82) is 0 Å². The highest BCUT2D eigenvalue weighted by atomic mass is 16.5. The molecule has 0 amide bonds. The molecule has 2 nitrogen and oxygen atoms in total. The maximum Gasteiger partial charge on any atom is 0.330 e. The van der Waals surface area contributed by atoms with Gasteiger partial charge in [0.15, 0.2) is 0 Å². The van der Waals surface area contributed by atoms with E-state index in [2.05, 4.69) is 5.92 Å². The van der Waals surface area contributed by atoms with Crippen LogP contribution in [-0.2, 0) is 9.53 Å². The SMILES string of the molecule is C#CCCC/C(C)=C/C(=O)OCC. The van der Waals surface area contributed by atoms with Gasteiger partial charge in [0.2, 0.25) is 0 Å². The van der Waals surface area contributed by atoms with Gasteiger partial charge in [0, 0.05) is 12.5 Å². The van der Waals surface area contributed by atoms with Gasteiger partial charge in [0.1, 0.15) is 0 Å². The molecule has 0 atom stereocenters. The molecule has 0 saturated carbocycles. The fraction of sp³-hybridized carbons (Fsp3) is 0.545. The standard InChI is InChI=1S/C11H16O2/c1-4-6-7-8-10(3)9-11(12)13-5-2/h1,9H,5-8H2,2-3H3/b10-9+. The summed E-state index contributed by atoms with van der Waals surface area (Å²) >= 11 is 0. The van der Waals surface area contributed by atoms with Gasteiger partial charge in [-0.3, -0.25) is 0 Å². The molecule has 0 unspecified atom stereocenters. The molecule has 0 bridgehead atoms. The van der Waals surface area contributed by atoms with Gasteiger partial charge < -0.3 is 4.74 Å². The van der Waals surface area contributed by atoms with E-state index in [1.807, 2.05) is 6.92 Å². The molecule has 0 saturated heterocycles. The van der Waals surface area contributed by atoms with E-state index in [4.69, 9.17) is 11.2 Å². The highest BCUT2D eigenvalue weighted by Crippen LogP contribution is 2.05. The lowest BCUT2D eigenvalue weighted by atomic mass is 10.1. The molecule has 0 aromatic carbocycles. The first kappa shape index (κ1) is 11.8. The van der Waals surface area contributed by atoms with Gasteiger partial charge in [0.05, 0.1) is 6.61 Å². The Morgan fingerprint density at radius 3 is 2.85 bits per heavy atom. The number of carbonyl (C=O) groups excluding carboxylic acids is 1. The number of allylic oxidation sites excluding steroid dienone is 1. The molecule has 72 valence electrons. The average molecular weight is 180 g/mol. The molecule has 0 N–H and O–H groups in total. The van der Waals surface area contributed by atoms with Crippen molar-refractivity contribution in [2.45, 2.75) is 33.1 Å². The van der Waals surface area contributed by atoms with Crippen LogP contribution in [0.5, 0.6) is 0 Å². The van der Waals surface area contributed by atoms with Crippen LogP contribution in [0.1, 0.15) is 33.1 Å². The molecule has 0 radical (unpaired) electrons. The molecule has 0 aromatic heterocycles. The predicted molar refractivity (Wildman–Crippen MR) is 53.1 cm³/mol. The zero-order chi connectivity index (χ0) is 10.1. The van der Waals surface area contributed by atoms with Crippen LogP contribution < -0.4 is 0 Å². The molecular formula is C11H16O2. The molecule has 0 aliphatic rings. The van der Waals surface area contributed by atoms with E-state index in [0.29, 0.717) is 6.61 Å². The van der Waals surface area contributed by atoms with Crippen LogP contribution in [0.25, 0.3) is 0 Å². The van der Waals surface area contributed by atoms with E-state index >= 15 is 0 Å². The number of esters is 1. The van der Waals surface area contributed by atoms with Gasteiger partial charge in [-0.25, -0.2) is 4.79 Å². The highest BCUT2D eigenvalue weighted by Gasteiger charge is 1.97. The summed E-state index contributed by atoms with van der Waals surface area (Å²) in [5, 5.41) is 0. The minimum atomic E-state index is -0.263. The molecule has 0 rings (SSSR count). The lowest BCUT2D eigenvalue weighted by Gasteiger charge is -1.99. The smallest absolute Gasteiger partial charge is 0.330 e. The van der Waals surface area contributed by atoms with Gasteiger partial charge in [-0.15, -0.1) is 12.3 Å². The van der Waals surface area contributed by atoms with Crippen molar-refractivity contribution in [2.75, 3.05) is 6.61 Å². The monoisotopic (exact) mass is 180 g/mol. The molecule has 0 spiro atoms. The second kappa shape index (κ2) is 7.42. The summed E-state index contributed by atoms with van der Waals surface area (Å²) < 4.78 is 4.76. The first-order valence-corrected chi connectivity index (χ1v) is 4.48.